The second kappa shape index (κ2) is 29.4. The van der Waals surface area contributed by atoms with Crippen molar-refractivity contribution in [2.75, 3.05) is 54.4 Å². The Kier molecular flexibility index (Phi) is 24.1. The number of aliphatic hydroxyl groups is 3. The van der Waals surface area contributed by atoms with Crippen LogP contribution in [0.15, 0.2) is 48.5 Å². The van der Waals surface area contributed by atoms with Crippen molar-refractivity contribution in [3.8, 4) is 0 Å². The van der Waals surface area contributed by atoms with E-state index in [1.54, 1.807) is 48.5 Å². The van der Waals surface area contributed by atoms with Crippen molar-refractivity contribution in [3.05, 3.63) is 79.9 Å². The van der Waals surface area contributed by atoms with Gasteiger partial charge in [0.2, 0.25) is 0 Å². The molecule has 2 aromatic rings. The second-order valence-electron chi connectivity index (χ2n) is 23.5. The minimum absolute atomic E-state index is 0.0870. The summed E-state index contributed by atoms with van der Waals surface area (Å²) in [4.78, 5) is 79.6. The third-order valence-corrected chi connectivity index (χ3v) is 16.4. The molecule has 5 rings (SSSR count). The molecular formula is C57H89N7O19. The van der Waals surface area contributed by atoms with Crippen molar-refractivity contribution in [1.82, 2.24) is 25.8 Å². The number of cyclic esters (lactones) is 1. The molecule has 0 radical (unpaired) electrons. The maximum absolute atomic E-state index is 15.0. The SMILES string of the molecule is CC[C@H]1OC(=O)[C@H](C)[C@@H](O[C@H]2C[C@@](C)(OC)[C@@H](OC(=O)NCCNC(=O)c3cc([N+](=O)[O-])cc([N+](=O)[O-])c3)[C@H](C)O2)[C@H](C)[C@@H](O[C@@H]2O[C@H](C)C[C@H](N(C)C)[C@H]2O)[C@](C)(O)C[C@@H](C)CN(C)[C@H](C)[C@@H](OC(=O)NCCc2ccccc2)[C@]1(C)O. The molecule has 26 nitrogen and oxygen atoms in total. The van der Waals surface area contributed by atoms with Gasteiger partial charge in [-0.3, -0.25) is 34.7 Å². The highest BCUT2D eigenvalue weighted by Crippen LogP contribution is 2.41. The minimum atomic E-state index is -1.98. The maximum Gasteiger partial charge on any atom is 0.407 e. The fourth-order valence-corrected chi connectivity index (χ4v) is 11.8. The van der Waals surface area contributed by atoms with Crippen LogP contribution in [0.5, 0.6) is 0 Å². The van der Waals surface area contributed by atoms with Crippen molar-refractivity contribution in [2.45, 2.75) is 192 Å². The van der Waals surface area contributed by atoms with E-state index in [1.165, 1.54) is 14.0 Å². The molecule has 2 aromatic carbocycles. The summed E-state index contributed by atoms with van der Waals surface area (Å²) in [6.45, 7) is 17.2. The number of hydrogen-bond acceptors (Lipinski definition) is 21. The molecule has 0 unspecified atom stereocenters. The first-order valence-corrected chi connectivity index (χ1v) is 28.4. The quantitative estimate of drug-likeness (QED) is 0.0382. The molecule has 3 amide bonds. The lowest BCUT2D eigenvalue weighted by atomic mass is 9.77. The van der Waals surface area contributed by atoms with E-state index >= 15 is 0 Å². The first-order chi connectivity index (χ1) is 38.8. The van der Waals surface area contributed by atoms with Crippen LogP contribution in [0.25, 0.3) is 0 Å². The Labute approximate surface area is 485 Å². The van der Waals surface area contributed by atoms with Gasteiger partial charge in [-0.2, -0.15) is 0 Å². The number of rotatable bonds is 18. The molecule has 0 saturated carbocycles. The number of amides is 3. The third kappa shape index (κ3) is 17.7. The van der Waals surface area contributed by atoms with E-state index in [2.05, 4.69) is 16.0 Å². The number of nitrogens with one attached hydrogen (secondary N) is 3. The summed E-state index contributed by atoms with van der Waals surface area (Å²) >= 11 is 0. The number of nitro groups is 2. The largest absolute Gasteiger partial charge is 0.459 e. The van der Waals surface area contributed by atoms with Gasteiger partial charge < -0.3 is 74.1 Å². The first kappa shape index (κ1) is 68.1. The molecule has 3 heterocycles. The molecule has 83 heavy (non-hydrogen) atoms. The fraction of sp³-hybridized carbons (Fsp3) is 0.719. The number of aliphatic hydroxyl groups excluding tert-OH is 1. The topological polar surface area (TPSA) is 332 Å². The Bertz CT molecular complexity index is 2480. The molecule has 466 valence electrons. The number of nitro benzene ring substituents is 2. The number of methoxy groups -OCH3 is 1. The van der Waals surface area contributed by atoms with E-state index in [-0.39, 0.29) is 62.5 Å². The van der Waals surface area contributed by atoms with Crippen LogP contribution >= 0.6 is 0 Å². The zero-order valence-corrected chi connectivity index (χ0v) is 50.3. The Hall–Kier alpha value is -5.68. The number of hydrogen-bond donors (Lipinski definition) is 6. The molecule has 18 atom stereocenters. The van der Waals surface area contributed by atoms with Gasteiger partial charge in [0.25, 0.3) is 17.3 Å². The van der Waals surface area contributed by atoms with Gasteiger partial charge in [0.05, 0.1) is 57.4 Å². The smallest absolute Gasteiger partial charge is 0.407 e. The molecule has 0 aromatic heterocycles. The highest BCUT2D eigenvalue weighted by molar-refractivity contribution is 5.95. The Morgan fingerprint density at radius 1 is 0.831 bits per heavy atom. The van der Waals surface area contributed by atoms with Gasteiger partial charge in [0.1, 0.15) is 23.4 Å². The minimum Gasteiger partial charge on any atom is -0.459 e. The zero-order chi connectivity index (χ0) is 61.9. The van der Waals surface area contributed by atoms with Crippen LogP contribution in [0.3, 0.4) is 0 Å². The van der Waals surface area contributed by atoms with Crippen molar-refractivity contribution in [1.29, 1.82) is 0 Å². The van der Waals surface area contributed by atoms with Crippen LogP contribution in [-0.2, 0) is 49.1 Å². The van der Waals surface area contributed by atoms with Gasteiger partial charge in [0.15, 0.2) is 24.8 Å². The Morgan fingerprint density at radius 2 is 1.42 bits per heavy atom. The molecule has 3 saturated heterocycles. The molecule has 0 spiro atoms. The lowest BCUT2D eigenvalue weighted by Gasteiger charge is -2.49. The van der Waals surface area contributed by atoms with Crippen molar-refractivity contribution in [3.63, 3.8) is 0 Å². The number of benzene rings is 2. The maximum atomic E-state index is 15.0. The van der Waals surface area contributed by atoms with E-state index in [0.717, 1.165) is 23.8 Å². The van der Waals surface area contributed by atoms with Crippen molar-refractivity contribution >= 4 is 35.4 Å². The molecule has 0 aliphatic carbocycles. The van der Waals surface area contributed by atoms with Gasteiger partial charge in [-0.05, 0) is 107 Å². The van der Waals surface area contributed by atoms with Crippen LogP contribution in [0, 0.1) is 38.0 Å². The van der Waals surface area contributed by atoms with Crippen LogP contribution < -0.4 is 16.0 Å². The number of alkyl carbamates (subject to hydrolysis) is 2. The van der Waals surface area contributed by atoms with Gasteiger partial charge in [-0.25, -0.2) is 9.59 Å². The molecule has 26 heteroatoms. The fourth-order valence-electron chi connectivity index (χ4n) is 11.8. The van der Waals surface area contributed by atoms with Crippen LogP contribution in [-0.4, -0.2) is 204 Å². The number of ether oxygens (including phenoxy) is 8. The van der Waals surface area contributed by atoms with Crippen LogP contribution in [0.2, 0.25) is 0 Å². The summed E-state index contributed by atoms with van der Waals surface area (Å²) in [5.74, 6) is -4.15. The molecular weight excluding hydrogens is 1090 g/mol. The van der Waals surface area contributed by atoms with Gasteiger partial charge in [-0.15, -0.1) is 0 Å². The van der Waals surface area contributed by atoms with Gasteiger partial charge in [0, 0.05) is 69.8 Å². The summed E-state index contributed by atoms with van der Waals surface area (Å²) in [6, 6.07) is 11.0. The Morgan fingerprint density at radius 3 is 2.00 bits per heavy atom. The predicted molar refractivity (Wildman–Crippen MR) is 301 cm³/mol. The predicted octanol–water partition coefficient (Wildman–Crippen LogP) is 4.86. The average Bonchev–Trinajstić information content (AvgIpc) is 3.48. The summed E-state index contributed by atoms with van der Waals surface area (Å²) in [6.07, 6.45) is -11.6. The van der Waals surface area contributed by atoms with Crippen LogP contribution in [0.1, 0.15) is 111 Å². The van der Waals surface area contributed by atoms with E-state index < -0.39 is 135 Å². The number of likely N-dealkylation sites (N-methyl/N-ethyl adjacent to an activating group) is 2. The first-order valence-electron chi connectivity index (χ1n) is 28.4. The third-order valence-electron chi connectivity index (χ3n) is 16.4. The highest BCUT2D eigenvalue weighted by atomic mass is 16.7. The summed E-state index contributed by atoms with van der Waals surface area (Å²) < 4.78 is 50.9. The van der Waals surface area contributed by atoms with E-state index in [9.17, 15) is 54.7 Å². The van der Waals surface area contributed by atoms with Crippen LogP contribution in [0.4, 0.5) is 21.0 Å². The lowest BCUT2D eigenvalue weighted by Crippen LogP contribution is -2.61. The number of carbonyl (C=O) groups is 4. The zero-order valence-electron chi connectivity index (χ0n) is 50.3. The standard InChI is InChI=1S/C57H89N7O19/c1-15-43-57(10,71)48(82-53(68)59-22-21-38-19-17-16-18-20-38)36(6)62(13)31-32(2)29-55(8,70)47(81-52-45(65)42(61(11)12)25-33(3)77-52)34(4)46(35(5)51(67)79-43)80-44-30-56(9,76-14)49(37(7)78-44)83-54(69)60-24-23-58-50(66)39-26-40(63(72)73)28-41(27-39)64(74)75/h16-20,26-28,32-37,42-49,52,65,70-71H,15,21-25,29-31H2,1-14H3,(H,58,66)(H,59,68)(H,60,69)/t32-,33-,34+,35-,36-,37+,42+,43-,44+,45-,46+,47-,48-,49+,52+,55-,56-,57-/m1/s1. The van der Waals surface area contributed by atoms with Crippen molar-refractivity contribution < 1.29 is 82.2 Å². The second-order valence-corrected chi connectivity index (χ2v) is 23.5. The average molecular weight is 1180 g/mol. The van der Waals surface area contributed by atoms with E-state index in [0.29, 0.717) is 19.4 Å². The number of carbonyl (C=O) groups excluding carboxylic acids is 4. The molecule has 3 fully saturated rings. The lowest BCUT2D eigenvalue weighted by molar-refractivity contribution is -0.394. The number of non-ortho nitro benzene ring substituents is 2. The summed E-state index contributed by atoms with van der Waals surface area (Å²) in [5.41, 5.74) is -5.70. The molecule has 3 aliphatic heterocycles. The van der Waals surface area contributed by atoms with E-state index in [1.807, 2.05) is 75.1 Å². The normalized spacial score (nSPS) is 35.0. The monoisotopic (exact) mass is 1180 g/mol. The molecule has 3 aliphatic rings. The van der Waals surface area contributed by atoms with E-state index in [4.69, 9.17) is 37.9 Å². The summed E-state index contributed by atoms with van der Waals surface area (Å²) in [7, 11) is 6.90. The van der Waals surface area contributed by atoms with Gasteiger partial charge in [-0.1, -0.05) is 51.1 Å². The molecule has 6 N–H and O–H groups in total. The number of nitrogens with zero attached hydrogens (tertiary/aromatic N) is 4. The Balaban J connectivity index is 1.44. The van der Waals surface area contributed by atoms with Gasteiger partial charge >= 0.3 is 18.2 Å². The molecule has 0 bridgehead atoms. The number of esters is 1. The van der Waals surface area contributed by atoms with Crippen molar-refractivity contribution in [2.24, 2.45) is 17.8 Å². The highest BCUT2D eigenvalue weighted by Gasteiger charge is 2.54. The summed E-state index contributed by atoms with van der Waals surface area (Å²) in [5, 5.41) is 68.0.